The summed E-state index contributed by atoms with van der Waals surface area (Å²) in [6, 6.07) is 0. The highest BCUT2D eigenvalue weighted by molar-refractivity contribution is 5.24. The van der Waals surface area contributed by atoms with Crippen LogP contribution >= 0.6 is 0 Å². The molecule has 0 saturated carbocycles. The summed E-state index contributed by atoms with van der Waals surface area (Å²) in [7, 11) is 1.96. The van der Waals surface area contributed by atoms with Crippen molar-refractivity contribution in [2.45, 2.75) is 33.4 Å². The Kier molecular flexibility index (Phi) is 3.89. The molecule has 0 fully saturated rings. The predicted molar refractivity (Wildman–Crippen MR) is 59.3 cm³/mol. The van der Waals surface area contributed by atoms with Gasteiger partial charge in [0.2, 0.25) is 0 Å². The van der Waals surface area contributed by atoms with E-state index in [1.54, 1.807) is 0 Å². The quantitative estimate of drug-likeness (QED) is 0.723. The van der Waals surface area contributed by atoms with Crippen LogP contribution in [0.15, 0.2) is 12.7 Å². The zero-order valence-corrected chi connectivity index (χ0v) is 9.30. The van der Waals surface area contributed by atoms with Crippen LogP contribution in [0.4, 0.5) is 0 Å². The Morgan fingerprint density at radius 3 is 2.79 bits per heavy atom. The van der Waals surface area contributed by atoms with Gasteiger partial charge in [0.15, 0.2) is 0 Å². The van der Waals surface area contributed by atoms with Crippen molar-refractivity contribution in [2.75, 3.05) is 7.05 Å². The number of aromatic nitrogens is 2. The molecule has 0 spiro atoms. The summed E-state index contributed by atoms with van der Waals surface area (Å²) in [5, 5.41) is 7.66. The lowest BCUT2D eigenvalue weighted by atomic mass is 10.2. The molecule has 0 unspecified atom stereocenters. The highest BCUT2D eigenvalue weighted by atomic mass is 15.3. The van der Waals surface area contributed by atoms with Crippen LogP contribution in [0.5, 0.6) is 0 Å². The average Bonchev–Trinajstić information content (AvgIpc) is 2.43. The molecule has 0 aliphatic heterocycles. The van der Waals surface area contributed by atoms with Gasteiger partial charge < -0.3 is 5.32 Å². The minimum absolute atomic E-state index is 0.895. The molecule has 14 heavy (non-hydrogen) atoms. The molecule has 0 aromatic carbocycles. The summed E-state index contributed by atoms with van der Waals surface area (Å²) in [6.07, 6.45) is 2.90. The fourth-order valence-corrected chi connectivity index (χ4v) is 1.60. The Morgan fingerprint density at radius 2 is 2.21 bits per heavy atom. The Bertz CT molecular complexity index is 313. The van der Waals surface area contributed by atoms with Gasteiger partial charge in [0.05, 0.1) is 5.69 Å². The maximum absolute atomic E-state index is 4.50. The molecule has 0 saturated heterocycles. The molecule has 3 nitrogen and oxygen atoms in total. The van der Waals surface area contributed by atoms with Gasteiger partial charge in [-0.15, -0.1) is 6.58 Å². The predicted octanol–water partition coefficient (Wildman–Crippen LogP) is 1.80. The Labute approximate surface area is 85.8 Å². The first-order chi connectivity index (χ1) is 6.70. The fraction of sp³-hybridized carbons (Fsp3) is 0.545. The Hall–Kier alpha value is -1.09. The van der Waals surface area contributed by atoms with Gasteiger partial charge >= 0.3 is 0 Å². The monoisotopic (exact) mass is 193 g/mol. The molecule has 78 valence electrons. The minimum atomic E-state index is 0.895. The SMILES string of the molecule is C=CCCn1nc(C)c(CNC)c1C. The van der Waals surface area contributed by atoms with Crippen molar-refractivity contribution in [3.8, 4) is 0 Å². The van der Waals surface area contributed by atoms with Crippen molar-refractivity contribution in [2.24, 2.45) is 0 Å². The van der Waals surface area contributed by atoms with E-state index in [2.05, 4.69) is 35.5 Å². The third-order valence-corrected chi connectivity index (χ3v) is 2.43. The topological polar surface area (TPSA) is 29.9 Å². The first kappa shape index (κ1) is 11.0. The lowest BCUT2D eigenvalue weighted by molar-refractivity contribution is 0.601. The van der Waals surface area contributed by atoms with Crippen LogP contribution in [0.3, 0.4) is 0 Å². The second-order valence-electron chi connectivity index (χ2n) is 3.48. The maximum Gasteiger partial charge on any atom is 0.0641 e. The third kappa shape index (κ3) is 2.23. The first-order valence-electron chi connectivity index (χ1n) is 4.99. The number of nitrogens with zero attached hydrogens (tertiary/aromatic N) is 2. The second-order valence-corrected chi connectivity index (χ2v) is 3.48. The summed E-state index contributed by atoms with van der Waals surface area (Å²) >= 11 is 0. The molecular formula is C11H19N3. The normalized spacial score (nSPS) is 10.5. The summed E-state index contributed by atoms with van der Waals surface area (Å²) < 4.78 is 2.06. The largest absolute Gasteiger partial charge is 0.316 e. The van der Waals surface area contributed by atoms with Crippen LogP contribution in [0.25, 0.3) is 0 Å². The van der Waals surface area contributed by atoms with Crippen LogP contribution in [-0.4, -0.2) is 16.8 Å². The van der Waals surface area contributed by atoms with Gasteiger partial charge in [-0.1, -0.05) is 6.08 Å². The molecule has 0 aliphatic carbocycles. The van der Waals surface area contributed by atoms with Crippen molar-refractivity contribution in [3.63, 3.8) is 0 Å². The average molecular weight is 193 g/mol. The number of rotatable bonds is 5. The molecule has 0 radical (unpaired) electrons. The number of allylic oxidation sites excluding steroid dienone is 1. The van der Waals surface area contributed by atoms with Gasteiger partial charge in [-0.05, 0) is 27.3 Å². The summed E-state index contributed by atoms with van der Waals surface area (Å²) in [4.78, 5) is 0. The van der Waals surface area contributed by atoms with Crippen LogP contribution in [0, 0.1) is 13.8 Å². The van der Waals surface area contributed by atoms with Crippen LogP contribution < -0.4 is 5.32 Å². The van der Waals surface area contributed by atoms with E-state index in [-0.39, 0.29) is 0 Å². The van der Waals surface area contributed by atoms with Crippen LogP contribution in [0.1, 0.15) is 23.4 Å². The molecule has 0 aliphatic rings. The van der Waals surface area contributed by atoms with E-state index >= 15 is 0 Å². The smallest absolute Gasteiger partial charge is 0.0641 e. The van der Waals surface area contributed by atoms with Crippen molar-refractivity contribution >= 4 is 0 Å². The van der Waals surface area contributed by atoms with E-state index in [4.69, 9.17) is 0 Å². The van der Waals surface area contributed by atoms with Gasteiger partial charge in [-0.25, -0.2) is 0 Å². The lowest BCUT2D eigenvalue weighted by Crippen LogP contribution is -2.07. The molecule has 1 aromatic heterocycles. The van der Waals surface area contributed by atoms with E-state index < -0.39 is 0 Å². The fourth-order valence-electron chi connectivity index (χ4n) is 1.60. The number of hydrogen-bond donors (Lipinski definition) is 1. The van der Waals surface area contributed by atoms with Gasteiger partial charge in [0.1, 0.15) is 0 Å². The summed E-state index contributed by atoms with van der Waals surface area (Å²) in [6.45, 7) is 9.72. The molecule has 3 heteroatoms. The van der Waals surface area contributed by atoms with Crippen molar-refractivity contribution < 1.29 is 0 Å². The summed E-state index contributed by atoms with van der Waals surface area (Å²) in [5.74, 6) is 0. The van der Waals surface area contributed by atoms with E-state index in [0.29, 0.717) is 0 Å². The van der Waals surface area contributed by atoms with Gasteiger partial charge in [0.25, 0.3) is 0 Å². The van der Waals surface area contributed by atoms with Crippen LogP contribution in [-0.2, 0) is 13.1 Å². The molecule has 1 heterocycles. The van der Waals surface area contributed by atoms with E-state index in [1.807, 2.05) is 13.1 Å². The van der Waals surface area contributed by atoms with Gasteiger partial charge in [-0.2, -0.15) is 5.10 Å². The molecule has 0 atom stereocenters. The van der Waals surface area contributed by atoms with Crippen LogP contribution in [0.2, 0.25) is 0 Å². The molecule has 0 amide bonds. The Balaban J connectivity index is 2.85. The molecule has 0 bridgehead atoms. The van der Waals surface area contributed by atoms with Gasteiger partial charge in [-0.3, -0.25) is 4.68 Å². The zero-order chi connectivity index (χ0) is 10.6. The molecule has 1 rings (SSSR count). The first-order valence-corrected chi connectivity index (χ1v) is 4.99. The number of hydrogen-bond acceptors (Lipinski definition) is 2. The number of aryl methyl sites for hydroxylation is 2. The van der Waals surface area contributed by atoms with Crippen molar-refractivity contribution in [1.82, 2.24) is 15.1 Å². The Morgan fingerprint density at radius 1 is 1.50 bits per heavy atom. The lowest BCUT2D eigenvalue weighted by Gasteiger charge is -2.03. The number of nitrogens with one attached hydrogen (secondary N) is 1. The van der Waals surface area contributed by atoms with E-state index in [9.17, 15) is 0 Å². The van der Waals surface area contributed by atoms with E-state index in [1.165, 1.54) is 11.3 Å². The van der Waals surface area contributed by atoms with E-state index in [0.717, 1.165) is 25.2 Å². The highest BCUT2D eigenvalue weighted by Crippen LogP contribution is 2.12. The maximum atomic E-state index is 4.50. The molecule has 1 aromatic rings. The van der Waals surface area contributed by atoms with Crippen molar-refractivity contribution in [1.29, 1.82) is 0 Å². The van der Waals surface area contributed by atoms with Gasteiger partial charge in [0, 0.05) is 24.3 Å². The minimum Gasteiger partial charge on any atom is -0.316 e. The standard InChI is InChI=1S/C11H19N3/c1-5-6-7-14-10(3)11(8-12-4)9(2)13-14/h5,12H,1,6-8H2,2-4H3. The zero-order valence-electron chi connectivity index (χ0n) is 9.30. The summed E-state index contributed by atoms with van der Waals surface area (Å²) in [5.41, 5.74) is 3.70. The second kappa shape index (κ2) is 4.96. The third-order valence-electron chi connectivity index (χ3n) is 2.43. The molecule has 1 N–H and O–H groups in total. The van der Waals surface area contributed by atoms with Crippen molar-refractivity contribution in [3.05, 3.63) is 29.6 Å². The molecular weight excluding hydrogens is 174 g/mol. The highest BCUT2D eigenvalue weighted by Gasteiger charge is 2.09.